The van der Waals surface area contributed by atoms with E-state index in [1.54, 1.807) is 0 Å². The van der Waals surface area contributed by atoms with E-state index >= 15 is 0 Å². The van der Waals surface area contributed by atoms with Crippen LogP contribution in [0.2, 0.25) is 0 Å². The van der Waals surface area contributed by atoms with Gasteiger partial charge in [-0.15, -0.1) is 0 Å². The second kappa shape index (κ2) is 4.55. The fourth-order valence-electron chi connectivity index (χ4n) is 0.817. The number of hydrogen-bond acceptors (Lipinski definition) is 2. The van der Waals surface area contributed by atoms with Gasteiger partial charge in [-0.05, 0) is 19.1 Å². The Morgan fingerprint density at radius 3 is 2.58 bits per heavy atom. The highest BCUT2D eigenvalue weighted by Gasteiger charge is 1.84. The van der Waals surface area contributed by atoms with Crippen LogP contribution in [0.1, 0.15) is 11.1 Å². The summed E-state index contributed by atoms with van der Waals surface area (Å²) in [6, 6.07) is 7.98. The first kappa shape index (κ1) is 8.79. The maximum absolute atomic E-state index is 4.81. The van der Waals surface area contributed by atoms with Crippen LogP contribution in [0.15, 0.2) is 24.3 Å². The van der Waals surface area contributed by atoms with E-state index in [4.69, 9.17) is 5.90 Å². The molecule has 2 N–H and O–H groups in total. The van der Waals surface area contributed by atoms with E-state index in [2.05, 4.69) is 16.7 Å². The molecule has 0 amide bonds. The molecule has 2 heteroatoms. The van der Waals surface area contributed by atoms with Crippen LogP contribution in [-0.4, -0.2) is 6.61 Å². The van der Waals surface area contributed by atoms with E-state index in [1.807, 2.05) is 31.2 Å². The minimum absolute atomic E-state index is 0.272. The molecule has 0 unspecified atom stereocenters. The largest absolute Gasteiger partial charge is 0.292 e. The lowest BCUT2D eigenvalue weighted by atomic mass is 10.2. The number of hydrogen-bond donors (Lipinski definition) is 1. The average molecular weight is 161 g/mol. The average Bonchev–Trinajstić information content (AvgIpc) is 2.09. The second-order valence-corrected chi connectivity index (χ2v) is 2.48. The minimum Gasteiger partial charge on any atom is -0.292 e. The Bertz CT molecular complexity index is 292. The maximum atomic E-state index is 4.81. The Kier molecular flexibility index (Phi) is 3.34. The predicted molar refractivity (Wildman–Crippen MR) is 48.2 cm³/mol. The van der Waals surface area contributed by atoms with Crippen molar-refractivity contribution in [2.45, 2.75) is 6.92 Å². The zero-order valence-corrected chi connectivity index (χ0v) is 7.00. The molecule has 12 heavy (non-hydrogen) atoms. The summed E-state index contributed by atoms with van der Waals surface area (Å²) in [5.41, 5.74) is 2.22. The van der Waals surface area contributed by atoms with Crippen molar-refractivity contribution in [2.75, 3.05) is 6.61 Å². The first-order valence-corrected chi connectivity index (χ1v) is 3.70. The Hall–Kier alpha value is -1.30. The summed E-state index contributed by atoms with van der Waals surface area (Å²) in [5, 5.41) is 0. The quantitative estimate of drug-likeness (QED) is 0.496. The van der Waals surface area contributed by atoms with Crippen molar-refractivity contribution in [3.63, 3.8) is 0 Å². The Balaban J connectivity index is 2.66. The molecular weight excluding hydrogens is 150 g/mol. The third kappa shape index (κ3) is 2.75. The van der Waals surface area contributed by atoms with E-state index in [-0.39, 0.29) is 6.61 Å². The first-order chi connectivity index (χ1) is 5.83. The molecule has 0 aliphatic rings. The smallest absolute Gasteiger partial charge is 0.129 e. The van der Waals surface area contributed by atoms with Gasteiger partial charge < -0.3 is 0 Å². The Labute approximate surface area is 72.3 Å². The van der Waals surface area contributed by atoms with E-state index < -0.39 is 0 Å². The molecule has 0 atom stereocenters. The van der Waals surface area contributed by atoms with E-state index in [9.17, 15) is 0 Å². The highest BCUT2D eigenvalue weighted by molar-refractivity contribution is 5.35. The van der Waals surface area contributed by atoms with Crippen LogP contribution in [-0.2, 0) is 4.84 Å². The van der Waals surface area contributed by atoms with Crippen molar-refractivity contribution < 1.29 is 4.84 Å². The van der Waals surface area contributed by atoms with Gasteiger partial charge >= 0.3 is 0 Å². The zero-order valence-electron chi connectivity index (χ0n) is 7.00. The molecule has 0 saturated carbocycles. The van der Waals surface area contributed by atoms with Crippen molar-refractivity contribution in [1.29, 1.82) is 0 Å². The van der Waals surface area contributed by atoms with Gasteiger partial charge in [0.1, 0.15) is 6.61 Å². The molecule has 0 saturated heterocycles. The van der Waals surface area contributed by atoms with Gasteiger partial charge in [0.2, 0.25) is 0 Å². The molecule has 0 fully saturated rings. The van der Waals surface area contributed by atoms with Gasteiger partial charge in [0.05, 0.1) is 0 Å². The monoisotopic (exact) mass is 161 g/mol. The molecule has 1 aromatic rings. The lowest BCUT2D eigenvalue weighted by molar-refractivity contribution is 0.173. The molecule has 0 aliphatic carbocycles. The molecular formula is C10H11NO. The van der Waals surface area contributed by atoms with Gasteiger partial charge in [-0.2, -0.15) is 0 Å². The summed E-state index contributed by atoms with van der Waals surface area (Å²) in [7, 11) is 0. The molecule has 62 valence electrons. The molecule has 0 spiro atoms. The highest BCUT2D eigenvalue weighted by Crippen LogP contribution is 2.00. The topological polar surface area (TPSA) is 35.2 Å². The normalized spacial score (nSPS) is 8.83. The van der Waals surface area contributed by atoms with Crippen molar-refractivity contribution in [1.82, 2.24) is 0 Å². The summed E-state index contributed by atoms with van der Waals surface area (Å²) in [6.07, 6.45) is 0. The standard InChI is InChI=1S/C10H11NO/c1-9-4-6-10(7-5-9)3-2-8-12-11/h4-7H,8,11H2,1H3. The summed E-state index contributed by atoms with van der Waals surface area (Å²) in [4.78, 5) is 4.31. The van der Waals surface area contributed by atoms with Gasteiger partial charge in [-0.3, -0.25) is 4.84 Å². The van der Waals surface area contributed by atoms with Crippen molar-refractivity contribution >= 4 is 0 Å². The summed E-state index contributed by atoms with van der Waals surface area (Å²) >= 11 is 0. The van der Waals surface area contributed by atoms with Crippen molar-refractivity contribution in [2.24, 2.45) is 5.90 Å². The van der Waals surface area contributed by atoms with E-state index in [0.717, 1.165) is 5.56 Å². The van der Waals surface area contributed by atoms with Gasteiger partial charge in [0.15, 0.2) is 0 Å². The Morgan fingerprint density at radius 1 is 1.33 bits per heavy atom. The van der Waals surface area contributed by atoms with Crippen LogP contribution in [0.5, 0.6) is 0 Å². The van der Waals surface area contributed by atoms with Crippen LogP contribution < -0.4 is 5.90 Å². The third-order valence-corrected chi connectivity index (χ3v) is 1.44. The van der Waals surface area contributed by atoms with Gasteiger partial charge in [-0.1, -0.05) is 29.5 Å². The minimum atomic E-state index is 0.272. The molecule has 1 rings (SSSR count). The fraction of sp³-hybridized carbons (Fsp3) is 0.200. The highest BCUT2D eigenvalue weighted by atomic mass is 16.6. The van der Waals surface area contributed by atoms with Gasteiger partial charge in [0, 0.05) is 5.56 Å². The van der Waals surface area contributed by atoms with Crippen LogP contribution in [0.4, 0.5) is 0 Å². The molecule has 0 bridgehead atoms. The molecule has 0 radical (unpaired) electrons. The Morgan fingerprint density at radius 2 is 2.00 bits per heavy atom. The number of rotatable bonds is 1. The second-order valence-electron chi connectivity index (χ2n) is 2.48. The lowest BCUT2D eigenvalue weighted by Crippen LogP contribution is -1.97. The SMILES string of the molecule is Cc1ccc(C#CCON)cc1. The first-order valence-electron chi connectivity index (χ1n) is 3.70. The van der Waals surface area contributed by atoms with E-state index in [0.29, 0.717) is 0 Å². The molecule has 2 nitrogen and oxygen atoms in total. The van der Waals surface area contributed by atoms with E-state index in [1.165, 1.54) is 5.56 Å². The lowest BCUT2D eigenvalue weighted by Gasteiger charge is -1.91. The predicted octanol–water partition coefficient (Wildman–Crippen LogP) is 1.24. The van der Waals surface area contributed by atoms with Crippen molar-refractivity contribution in [3.8, 4) is 11.8 Å². The van der Waals surface area contributed by atoms with Gasteiger partial charge in [-0.25, -0.2) is 5.90 Å². The number of aryl methyl sites for hydroxylation is 1. The maximum Gasteiger partial charge on any atom is 0.129 e. The summed E-state index contributed by atoms with van der Waals surface area (Å²) in [5.74, 6) is 10.5. The molecule has 0 aromatic heterocycles. The van der Waals surface area contributed by atoms with Crippen LogP contribution >= 0.6 is 0 Å². The van der Waals surface area contributed by atoms with Crippen LogP contribution in [0.3, 0.4) is 0 Å². The van der Waals surface area contributed by atoms with Crippen LogP contribution in [0.25, 0.3) is 0 Å². The molecule has 1 aromatic carbocycles. The van der Waals surface area contributed by atoms with Crippen LogP contribution in [0, 0.1) is 18.8 Å². The zero-order chi connectivity index (χ0) is 8.81. The third-order valence-electron chi connectivity index (χ3n) is 1.44. The molecule has 0 aliphatic heterocycles. The van der Waals surface area contributed by atoms with Crippen molar-refractivity contribution in [3.05, 3.63) is 35.4 Å². The molecule has 0 heterocycles. The number of nitrogens with two attached hydrogens (primary N) is 1. The number of benzene rings is 1. The summed E-state index contributed by atoms with van der Waals surface area (Å²) in [6.45, 7) is 2.31. The fourth-order valence-corrected chi connectivity index (χ4v) is 0.817. The summed E-state index contributed by atoms with van der Waals surface area (Å²) < 4.78 is 0. The van der Waals surface area contributed by atoms with Gasteiger partial charge in [0.25, 0.3) is 0 Å².